The fourth-order valence-corrected chi connectivity index (χ4v) is 4.12. The number of nitrogens with two attached hydrogens (primary N) is 1. The molecule has 1 heterocycles. The molecule has 1 aliphatic carbocycles. The van der Waals surface area contributed by atoms with Gasteiger partial charge in [-0.25, -0.2) is 12.7 Å². The molecule has 1 aliphatic heterocycles. The SMILES string of the molecule is CCS(=O)(=O)N1CCC(NC2CCC(N)C2)CC1. The maximum Gasteiger partial charge on any atom is 0.213 e. The van der Waals surface area contributed by atoms with Crippen LogP contribution in [0.25, 0.3) is 0 Å². The minimum Gasteiger partial charge on any atom is -0.328 e. The maximum absolute atomic E-state index is 11.7. The van der Waals surface area contributed by atoms with Gasteiger partial charge in [0.2, 0.25) is 10.0 Å². The van der Waals surface area contributed by atoms with Gasteiger partial charge in [-0.1, -0.05) is 0 Å². The molecule has 0 aromatic heterocycles. The van der Waals surface area contributed by atoms with E-state index < -0.39 is 10.0 Å². The van der Waals surface area contributed by atoms with Crippen LogP contribution in [0.3, 0.4) is 0 Å². The number of piperidine rings is 1. The van der Waals surface area contributed by atoms with Crippen molar-refractivity contribution in [3.63, 3.8) is 0 Å². The van der Waals surface area contributed by atoms with E-state index in [9.17, 15) is 8.42 Å². The Morgan fingerprint density at radius 1 is 1.17 bits per heavy atom. The van der Waals surface area contributed by atoms with Gasteiger partial charge in [-0.05, 0) is 39.0 Å². The Morgan fingerprint density at radius 3 is 2.33 bits per heavy atom. The number of nitrogens with one attached hydrogen (secondary N) is 1. The summed E-state index contributed by atoms with van der Waals surface area (Å²) >= 11 is 0. The smallest absolute Gasteiger partial charge is 0.213 e. The second-order valence-electron chi connectivity index (χ2n) is 5.51. The molecule has 3 N–H and O–H groups in total. The highest BCUT2D eigenvalue weighted by molar-refractivity contribution is 7.89. The highest BCUT2D eigenvalue weighted by Crippen LogP contribution is 2.21. The van der Waals surface area contributed by atoms with Gasteiger partial charge in [-0.3, -0.25) is 0 Å². The van der Waals surface area contributed by atoms with Crippen LogP contribution in [0, 0.1) is 0 Å². The minimum absolute atomic E-state index is 0.211. The molecule has 0 amide bonds. The first kappa shape index (κ1) is 14.2. The monoisotopic (exact) mass is 275 g/mol. The molecule has 0 bridgehead atoms. The average Bonchev–Trinajstić information content (AvgIpc) is 2.75. The zero-order valence-electron chi connectivity index (χ0n) is 11.1. The molecule has 1 saturated carbocycles. The van der Waals surface area contributed by atoms with Crippen molar-refractivity contribution in [2.24, 2.45) is 5.73 Å². The third-order valence-electron chi connectivity index (χ3n) is 4.16. The predicted octanol–water partition coefficient (Wildman–Crippen LogP) is 0.270. The summed E-state index contributed by atoms with van der Waals surface area (Å²) in [7, 11) is -3.00. The number of rotatable bonds is 4. The molecule has 1 saturated heterocycles. The highest BCUT2D eigenvalue weighted by Gasteiger charge is 2.29. The fourth-order valence-electron chi connectivity index (χ4n) is 2.98. The molecule has 0 aromatic rings. The predicted molar refractivity (Wildman–Crippen MR) is 72.8 cm³/mol. The summed E-state index contributed by atoms with van der Waals surface area (Å²) in [4.78, 5) is 0. The molecule has 18 heavy (non-hydrogen) atoms. The van der Waals surface area contributed by atoms with Gasteiger partial charge >= 0.3 is 0 Å². The van der Waals surface area contributed by atoms with E-state index in [0.717, 1.165) is 32.1 Å². The zero-order valence-corrected chi connectivity index (χ0v) is 12.0. The lowest BCUT2D eigenvalue weighted by Crippen LogP contribution is -2.47. The van der Waals surface area contributed by atoms with Crippen LogP contribution in [-0.2, 0) is 10.0 Å². The zero-order chi connectivity index (χ0) is 13.2. The highest BCUT2D eigenvalue weighted by atomic mass is 32.2. The molecule has 106 valence electrons. The molecule has 2 unspecified atom stereocenters. The fraction of sp³-hybridized carbons (Fsp3) is 1.00. The van der Waals surface area contributed by atoms with Crippen molar-refractivity contribution in [1.29, 1.82) is 0 Å². The third kappa shape index (κ3) is 3.44. The van der Waals surface area contributed by atoms with Gasteiger partial charge in [0.25, 0.3) is 0 Å². The maximum atomic E-state index is 11.7. The van der Waals surface area contributed by atoms with Crippen molar-refractivity contribution in [3.8, 4) is 0 Å². The van der Waals surface area contributed by atoms with E-state index in [1.807, 2.05) is 0 Å². The normalized spacial score (nSPS) is 31.9. The molecule has 5 nitrogen and oxygen atoms in total. The van der Waals surface area contributed by atoms with Crippen molar-refractivity contribution in [2.75, 3.05) is 18.8 Å². The lowest BCUT2D eigenvalue weighted by molar-refractivity contribution is 0.273. The van der Waals surface area contributed by atoms with Crippen LogP contribution in [0.4, 0.5) is 0 Å². The molecule has 2 fully saturated rings. The van der Waals surface area contributed by atoms with Crippen LogP contribution < -0.4 is 11.1 Å². The van der Waals surface area contributed by atoms with Crippen molar-refractivity contribution in [1.82, 2.24) is 9.62 Å². The topological polar surface area (TPSA) is 75.4 Å². The number of nitrogens with zero attached hydrogens (tertiary/aromatic N) is 1. The summed E-state index contributed by atoms with van der Waals surface area (Å²) in [6.07, 6.45) is 5.18. The summed E-state index contributed by atoms with van der Waals surface area (Å²) in [6.45, 7) is 3.03. The van der Waals surface area contributed by atoms with Crippen LogP contribution in [0.5, 0.6) is 0 Å². The van der Waals surface area contributed by atoms with Crippen molar-refractivity contribution >= 4 is 10.0 Å². The summed E-state index contributed by atoms with van der Waals surface area (Å²) in [5.74, 6) is 0.211. The Kier molecular flexibility index (Phi) is 4.64. The second kappa shape index (κ2) is 5.86. The van der Waals surface area contributed by atoms with Gasteiger partial charge in [0.15, 0.2) is 0 Å². The molecule has 2 aliphatic rings. The first-order valence-electron chi connectivity index (χ1n) is 7.00. The molecule has 2 atom stereocenters. The van der Waals surface area contributed by atoms with Crippen LogP contribution in [-0.4, -0.2) is 49.7 Å². The lowest BCUT2D eigenvalue weighted by atomic mass is 10.0. The molecule has 0 spiro atoms. The summed E-state index contributed by atoms with van der Waals surface area (Å²) in [6, 6.07) is 1.35. The van der Waals surface area contributed by atoms with Gasteiger partial charge < -0.3 is 11.1 Å². The molecule has 6 heteroatoms. The van der Waals surface area contributed by atoms with Gasteiger partial charge in [0.05, 0.1) is 5.75 Å². The first-order chi connectivity index (χ1) is 8.51. The van der Waals surface area contributed by atoms with Crippen LogP contribution in [0.1, 0.15) is 39.0 Å². The lowest BCUT2D eigenvalue weighted by Gasteiger charge is -2.33. The Bertz CT molecular complexity index is 364. The van der Waals surface area contributed by atoms with Gasteiger partial charge in [-0.2, -0.15) is 0 Å². The quantitative estimate of drug-likeness (QED) is 0.772. The van der Waals surface area contributed by atoms with Gasteiger partial charge in [0, 0.05) is 31.2 Å². The second-order valence-corrected chi connectivity index (χ2v) is 7.77. The van der Waals surface area contributed by atoms with Crippen molar-refractivity contribution < 1.29 is 8.42 Å². The summed E-state index contributed by atoms with van der Waals surface area (Å²) < 4.78 is 25.1. The Morgan fingerprint density at radius 2 is 1.83 bits per heavy atom. The molecule has 2 rings (SSSR count). The Balaban J connectivity index is 1.77. The van der Waals surface area contributed by atoms with Crippen molar-refractivity contribution in [3.05, 3.63) is 0 Å². The van der Waals surface area contributed by atoms with Crippen LogP contribution in [0.2, 0.25) is 0 Å². The van der Waals surface area contributed by atoms with E-state index in [1.54, 1.807) is 11.2 Å². The average molecular weight is 275 g/mol. The van der Waals surface area contributed by atoms with E-state index in [0.29, 0.717) is 31.2 Å². The summed E-state index contributed by atoms with van der Waals surface area (Å²) in [5, 5.41) is 3.64. The third-order valence-corrected chi connectivity index (χ3v) is 6.04. The standard InChI is InChI=1S/C12H25N3O2S/c1-2-18(16,17)15-7-5-11(6-8-15)14-12-4-3-10(13)9-12/h10-12,14H,2-9,13H2,1H3. The Hall–Kier alpha value is -0.170. The van der Waals surface area contributed by atoms with Gasteiger partial charge in [-0.15, -0.1) is 0 Å². The summed E-state index contributed by atoms with van der Waals surface area (Å²) in [5.41, 5.74) is 5.90. The largest absolute Gasteiger partial charge is 0.328 e. The van der Waals surface area contributed by atoms with E-state index in [4.69, 9.17) is 5.73 Å². The van der Waals surface area contributed by atoms with Crippen LogP contribution >= 0.6 is 0 Å². The molecular formula is C12H25N3O2S. The van der Waals surface area contributed by atoms with E-state index in [-0.39, 0.29) is 5.75 Å². The number of hydrogen-bond acceptors (Lipinski definition) is 4. The minimum atomic E-state index is -3.00. The van der Waals surface area contributed by atoms with Gasteiger partial charge in [0.1, 0.15) is 0 Å². The molecule has 0 aromatic carbocycles. The Labute approximate surface area is 110 Å². The van der Waals surface area contributed by atoms with E-state index >= 15 is 0 Å². The number of sulfonamides is 1. The van der Waals surface area contributed by atoms with E-state index in [1.165, 1.54) is 0 Å². The molecule has 0 radical (unpaired) electrons. The van der Waals surface area contributed by atoms with Crippen molar-refractivity contribution in [2.45, 2.75) is 57.2 Å². The first-order valence-corrected chi connectivity index (χ1v) is 8.61. The number of hydrogen-bond donors (Lipinski definition) is 2. The van der Waals surface area contributed by atoms with E-state index in [2.05, 4.69) is 5.32 Å². The van der Waals surface area contributed by atoms with Crippen LogP contribution in [0.15, 0.2) is 0 Å². The molecular weight excluding hydrogens is 250 g/mol.